The van der Waals surface area contributed by atoms with E-state index in [1.807, 2.05) is 13.8 Å². The zero-order valence-electron chi connectivity index (χ0n) is 12.1. The summed E-state index contributed by atoms with van der Waals surface area (Å²) in [6.07, 6.45) is 2.03. The number of carboxylic acid groups (broad SMARTS) is 1. The Labute approximate surface area is 127 Å². The number of hydrogen-bond acceptors (Lipinski definition) is 4. The number of carbonyl (C=O) groups excluding carboxylic acids is 2. The average molecular weight is 310 g/mol. The van der Waals surface area contributed by atoms with Gasteiger partial charge in [-0.2, -0.15) is 0 Å². The molecule has 7 heteroatoms. The first-order valence-electron chi connectivity index (χ1n) is 6.73. The molecular weight excluding hydrogens is 292 g/mol. The Kier molecular flexibility index (Phi) is 4.41. The molecule has 6 nitrogen and oxygen atoms in total. The van der Waals surface area contributed by atoms with Crippen LogP contribution in [-0.4, -0.2) is 33.8 Å². The van der Waals surface area contributed by atoms with Crippen LogP contribution in [0.5, 0.6) is 0 Å². The number of carboxylic acids is 1. The van der Waals surface area contributed by atoms with Crippen molar-refractivity contribution in [1.29, 1.82) is 0 Å². The van der Waals surface area contributed by atoms with E-state index in [0.29, 0.717) is 11.3 Å². The van der Waals surface area contributed by atoms with E-state index in [0.717, 1.165) is 0 Å². The lowest BCUT2D eigenvalue weighted by atomic mass is 9.79. The van der Waals surface area contributed by atoms with Gasteiger partial charge in [0.05, 0.1) is 12.0 Å². The Morgan fingerprint density at radius 1 is 1.48 bits per heavy atom. The molecule has 2 atom stereocenters. The number of amides is 2. The molecular formula is C14H18N2O4S. The van der Waals surface area contributed by atoms with Gasteiger partial charge in [-0.1, -0.05) is 25.6 Å². The molecule has 0 aromatic heterocycles. The Hall–Kier alpha value is -1.76. The number of nitrogens with one attached hydrogen (secondary N) is 1. The molecule has 2 rings (SSSR count). The zero-order valence-corrected chi connectivity index (χ0v) is 12.9. The first-order chi connectivity index (χ1) is 9.84. The molecule has 1 fully saturated rings. The van der Waals surface area contributed by atoms with E-state index in [2.05, 4.69) is 5.32 Å². The number of hydrogen-bond donors (Lipinski definition) is 2. The van der Waals surface area contributed by atoms with Crippen molar-refractivity contribution in [3.8, 4) is 0 Å². The average Bonchev–Trinajstić information content (AvgIpc) is 2.68. The molecule has 0 aromatic carbocycles. The molecule has 0 spiro atoms. The summed E-state index contributed by atoms with van der Waals surface area (Å²) >= 11 is 1.24. The number of rotatable bonds is 5. The quantitative estimate of drug-likeness (QED) is 0.752. The van der Waals surface area contributed by atoms with Gasteiger partial charge in [0.15, 0.2) is 0 Å². The summed E-state index contributed by atoms with van der Waals surface area (Å²) in [5, 5.41) is 13.5. The molecule has 0 bridgehead atoms. The minimum atomic E-state index is -1.08. The summed E-state index contributed by atoms with van der Waals surface area (Å²) in [4.78, 5) is 36.3. The lowest BCUT2D eigenvalue weighted by Gasteiger charge is -2.45. The number of fused-ring (bicyclic) bond motifs is 1. The normalized spacial score (nSPS) is 24.6. The smallest absolute Gasteiger partial charge is 0.353 e. The largest absolute Gasteiger partial charge is 0.477 e. The van der Waals surface area contributed by atoms with Gasteiger partial charge in [0.1, 0.15) is 5.70 Å². The Balaban J connectivity index is 2.13. The Morgan fingerprint density at radius 2 is 2.14 bits per heavy atom. The van der Waals surface area contributed by atoms with E-state index < -0.39 is 5.97 Å². The second-order valence-corrected chi connectivity index (χ2v) is 6.45. The first kappa shape index (κ1) is 15.6. The van der Waals surface area contributed by atoms with Crippen LogP contribution in [0.3, 0.4) is 0 Å². The third kappa shape index (κ3) is 2.83. The maximum Gasteiger partial charge on any atom is 0.353 e. The van der Waals surface area contributed by atoms with Crippen LogP contribution in [0.2, 0.25) is 0 Å². The highest BCUT2D eigenvalue weighted by atomic mass is 32.2. The maximum absolute atomic E-state index is 12.1. The van der Waals surface area contributed by atoms with Crippen LogP contribution < -0.4 is 5.32 Å². The molecule has 0 aromatic rings. The topological polar surface area (TPSA) is 86.7 Å². The third-order valence-electron chi connectivity index (χ3n) is 3.65. The van der Waals surface area contributed by atoms with Crippen LogP contribution >= 0.6 is 11.8 Å². The van der Waals surface area contributed by atoms with Crippen molar-refractivity contribution in [3.05, 3.63) is 22.2 Å². The fourth-order valence-corrected chi connectivity index (χ4v) is 3.67. The van der Waals surface area contributed by atoms with E-state index in [1.54, 1.807) is 5.41 Å². The maximum atomic E-state index is 12.1. The predicted molar refractivity (Wildman–Crippen MR) is 78.8 cm³/mol. The highest BCUT2D eigenvalue weighted by Gasteiger charge is 2.55. The molecule has 2 aliphatic rings. The van der Waals surface area contributed by atoms with Crippen molar-refractivity contribution in [2.45, 2.75) is 33.2 Å². The molecule has 0 radical (unpaired) electrons. The van der Waals surface area contributed by atoms with Gasteiger partial charge in [-0.25, -0.2) is 4.79 Å². The van der Waals surface area contributed by atoms with Crippen LogP contribution in [0.15, 0.2) is 22.2 Å². The summed E-state index contributed by atoms with van der Waals surface area (Å²) < 4.78 is 0. The van der Waals surface area contributed by atoms with Gasteiger partial charge in [-0.05, 0) is 11.3 Å². The Bertz CT molecular complexity index is 553. The van der Waals surface area contributed by atoms with Crippen LogP contribution in [0.1, 0.15) is 27.2 Å². The standard InChI is InChI=1S/C14H18N2O4S/c1-7(2)11-9-6-10(21-5-4-15-8(3)17)12(14(19)20)16(9)13(11)18/h4-5,7,9,11H,6H2,1-3H3,(H,15,17)(H,19,20)/b5-4+. The Morgan fingerprint density at radius 3 is 2.67 bits per heavy atom. The van der Waals surface area contributed by atoms with Crippen molar-refractivity contribution >= 4 is 29.5 Å². The molecule has 114 valence electrons. The minimum Gasteiger partial charge on any atom is -0.477 e. The molecule has 2 amide bonds. The zero-order chi connectivity index (χ0) is 15.7. The summed E-state index contributed by atoms with van der Waals surface area (Å²) in [6, 6.07) is -0.0414. The monoisotopic (exact) mass is 310 g/mol. The van der Waals surface area contributed by atoms with Crippen LogP contribution in [-0.2, 0) is 14.4 Å². The second kappa shape index (κ2) is 5.93. The fourth-order valence-electron chi connectivity index (χ4n) is 2.81. The number of carbonyl (C=O) groups is 3. The number of β-lactam (4-membered cyclic amide) rings is 1. The molecule has 2 aliphatic heterocycles. The number of nitrogens with zero attached hydrogens (tertiary/aromatic N) is 1. The third-order valence-corrected chi connectivity index (χ3v) is 4.57. The van der Waals surface area contributed by atoms with Gasteiger partial charge in [0.2, 0.25) is 11.8 Å². The number of aliphatic carboxylic acids is 1. The van der Waals surface area contributed by atoms with Crippen molar-refractivity contribution in [3.63, 3.8) is 0 Å². The highest BCUT2D eigenvalue weighted by Crippen LogP contribution is 2.48. The lowest BCUT2D eigenvalue weighted by molar-refractivity contribution is -0.157. The summed E-state index contributed by atoms with van der Waals surface area (Å²) in [6.45, 7) is 5.34. The molecule has 1 saturated heterocycles. The van der Waals surface area contributed by atoms with E-state index in [9.17, 15) is 19.5 Å². The number of thioether (sulfide) groups is 1. The summed E-state index contributed by atoms with van der Waals surface area (Å²) in [5.74, 6) is -1.27. The van der Waals surface area contributed by atoms with E-state index in [-0.39, 0.29) is 35.4 Å². The SMILES string of the molecule is CC(=O)N/C=C/SC1=C(C(=O)O)N2C(=O)C(C(C)C)C2C1. The van der Waals surface area contributed by atoms with Gasteiger partial charge < -0.3 is 15.3 Å². The van der Waals surface area contributed by atoms with Crippen molar-refractivity contribution in [2.75, 3.05) is 0 Å². The van der Waals surface area contributed by atoms with E-state index in [4.69, 9.17) is 0 Å². The van der Waals surface area contributed by atoms with Gasteiger partial charge in [0, 0.05) is 24.4 Å². The molecule has 2 N–H and O–H groups in total. The van der Waals surface area contributed by atoms with E-state index >= 15 is 0 Å². The van der Waals surface area contributed by atoms with Crippen molar-refractivity contribution in [1.82, 2.24) is 10.2 Å². The summed E-state index contributed by atoms with van der Waals surface area (Å²) in [7, 11) is 0. The van der Waals surface area contributed by atoms with Gasteiger partial charge in [0.25, 0.3) is 0 Å². The first-order valence-corrected chi connectivity index (χ1v) is 7.60. The molecule has 2 heterocycles. The van der Waals surface area contributed by atoms with Crippen LogP contribution in [0.4, 0.5) is 0 Å². The second-order valence-electron chi connectivity index (χ2n) is 5.45. The van der Waals surface area contributed by atoms with E-state index in [1.165, 1.54) is 29.8 Å². The summed E-state index contributed by atoms with van der Waals surface area (Å²) in [5.41, 5.74) is 0.0828. The molecule has 21 heavy (non-hydrogen) atoms. The molecule has 0 aliphatic carbocycles. The van der Waals surface area contributed by atoms with Gasteiger partial charge >= 0.3 is 5.97 Å². The van der Waals surface area contributed by atoms with Crippen molar-refractivity contribution < 1.29 is 19.5 Å². The van der Waals surface area contributed by atoms with Crippen LogP contribution in [0, 0.1) is 11.8 Å². The lowest BCUT2D eigenvalue weighted by Crippen LogP contribution is -2.60. The minimum absolute atomic E-state index is 0.0414. The molecule has 0 saturated carbocycles. The highest BCUT2D eigenvalue weighted by molar-refractivity contribution is 8.05. The fraction of sp³-hybridized carbons (Fsp3) is 0.500. The van der Waals surface area contributed by atoms with Gasteiger partial charge in [-0.3, -0.25) is 9.59 Å². The predicted octanol–water partition coefficient (Wildman–Crippen LogP) is 1.51. The van der Waals surface area contributed by atoms with Crippen LogP contribution in [0.25, 0.3) is 0 Å². The van der Waals surface area contributed by atoms with Crippen molar-refractivity contribution in [2.24, 2.45) is 11.8 Å². The van der Waals surface area contributed by atoms with Gasteiger partial charge in [-0.15, -0.1) is 0 Å². The molecule has 2 unspecified atom stereocenters.